The summed E-state index contributed by atoms with van der Waals surface area (Å²) >= 11 is 5.39. The van der Waals surface area contributed by atoms with Gasteiger partial charge in [0.2, 0.25) is 5.91 Å². The summed E-state index contributed by atoms with van der Waals surface area (Å²) in [5, 5.41) is 10.4. The van der Waals surface area contributed by atoms with Gasteiger partial charge in [-0.15, -0.1) is 0 Å². The van der Waals surface area contributed by atoms with Crippen LogP contribution < -0.4 is 5.32 Å². The predicted octanol–water partition coefficient (Wildman–Crippen LogP) is 3.07. The normalized spacial score (nSPS) is 19.5. The first-order chi connectivity index (χ1) is 14.6. The van der Waals surface area contributed by atoms with Crippen LogP contribution in [0.5, 0.6) is 0 Å². The fourth-order valence-corrected chi connectivity index (χ4v) is 4.90. The summed E-state index contributed by atoms with van der Waals surface area (Å²) in [7, 11) is 0. The zero-order chi connectivity index (χ0) is 21.0. The zero-order valence-electron chi connectivity index (χ0n) is 17.7. The van der Waals surface area contributed by atoms with Crippen LogP contribution in [0.3, 0.4) is 0 Å². The second kappa shape index (κ2) is 9.41. The Morgan fingerprint density at radius 1 is 1.20 bits per heavy atom. The highest BCUT2D eigenvalue weighted by Crippen LogP contribution is 2.33. The highest BCUT2D eigenvalue weighted by atomic mass is 32.1. The lowest BCUT2D eigenvalue weighted by Crippen LogP contribution is -2.59. The zero-order valence-corrected chi connectivity index (χ0v) is 18.5. The number of amides is 1. The molecule has 2 aromatic rings. The fourth-order valence-electron chi connectivity index (χ4n) is 4.70. The van der Waals surface area contributed by atoms with E-state index in [4.69, 9.17) is 17.0 Å². The molecule has 0 bridgehead atoms. The third-order valence-corrected chi connectivity index (χ3v) is 6.76. The number of hydrogen-bond donors (Lipinski definition) is 2. The molecule has 2 fully saturated rings. The van der Waals surface area contributed by atoms with Crippen molar-refractivity contribution in [3.05, 3.63) is 34.6 Å². The van der Waals surface area contributed by atoms with Crippen LogP contribution in [0.25, 0.3) is 11.4 Å². The van der Waals surface area contributed by atoms with E-state index in [1.807, 2.05) is 31.2 Å². The minimum Gasteiger partial charge on any atom is -0.379 e. The van der Waals surface area contributed by atoms with Gasteiger partial charge >= 0.3 is 0 Å². The van der Waals surface area contributed by atoms with Crippen molar-refractivity contribution in [3.8, 4) is 11.4 Å². The summed E-state index contributed by atoms with van der Waals surface area (Å²) in [6.07, 6.45) is 5.99. The molecule has 30 heavy (non-hydrogen) atoms. The number of rotatable bonds is 6. The largest absolute Gasteiger partial charge is 0.379 e. The van der Waals surface area contributed by atoms with Crippen molar-refractivity contribution in [2.75, 3.05) is 32.8 Å². The minimum absolute atomic E-state index is 0.0286. The van der Waals surface area contributed by atoms with Crippen LogP contribution in [0, 0.1) is 11.7 Å². The molecule has 2 N–H and O–H groups in total. The maximum Gasteiger partial charge on any atom is 0.240 e. The number of aromatic amines is 1. The molecule has 1 aliphatic carbocycles. The molecule has 1 amide bonds. The van der Waals surface area contributed by atoms with E-state index in [0.29, 0.717) is 17.1 Å². The molecule has 0 spiro atoms. The van der Waals surface area contributed by atoms with Crippen molar-refractivity contribution < 1.29 is 9.53 Å². The number of aromatic nitrogens is 3. The van der Waals surface area contributed by atoms with Crippen LogP contribution in [0.1, 0.15) is 37.7 Å². The Labute approximate surface area is 182 Å². The molecular formula is C22H31N5O2S. The second-order valence-electron chi connectivity index (χ2n) is 8.47. The van der Waals surface area contributed by atoms with Gasteiger partial charge in [-0.1, -0.05) is 49.1 Å². The average molecular weight is 430 g/mol. The Balaban J connectivity index is 1.45. The van der Waals surface area contributed by atoms with E-state index in [2.05, 4.69) is 20.4 Å². The third-order valence-electron chi connectivity index (χ3n) is 6.45. The van der Waals surface area contributed by atoms with E-state index in [-0.39, 0.29) is 18.0 Å². The Kier molecular flexibility index (Phi) is 6.65. The van der Waals surface area contributed by atoms with E-state index in [9.17, 15) is 4.79 Å². The molecule has 2 aliphatic rings. The molecule has 0 radical (unpaired) electrons. The smallest absolute Gasteiger partial charge is 0.240 e. The SMILES string of the molecule is Cc1ccc(-c2n[nH]c(=S)n2CC(=O)NCC2(N3CCOCC3)CCCCC2)cc1. The van der Waals surface area contributed by atoms with Crippen molar-refractivity contribution in [2.45, 2.75) is 51.1 Å². The number of hydrogen-bond acceptors (Lipinski definition) is 5. The Morgan fingerprint density at radius 2 is 1.90 bits per heavy atom. The van der Waals surface area contributed by atoms with Crippen molar-refractivity contribution in [2.24, 2.45) is 0 Å². The summed E-state index contributed by atoms with van der Waals surface area (Å²) < 4.78 is 7.79. The van der Waals surface area contributed by atoms with Crippen LogP contribution >= 0.6 is 12.2 Å². The number of benzene rings is 1. The van der Waals surface area contributed by atoms with E-state index in [1.54, 1.807) is 4.57 Å². The Hall–Kier alpha value is -2.03. The number of carbonyl (C=O) groups excluding carboxylic acids is 1. The third kappa shape index (κ3) is 4.66. The standard InChI is InChI=1S/C22H31N5O2S/c1-17-5-7-18(8-6-17)20-24-25-21(30)27(20)15-19(28)23-16-22(9-3-2-4-10-22)26-11-13-29-14-12-26/h5-8H,2-4,9-16H2,1H3,(H,23,28)(H,25,30). The van der Waals surface area contributed by atoms with Crippen LogP contribution in [-0.2, 0) is 16.1 Å². The fraction of sp³-hybridized carbons (Fsp3) is 0.591. The van der Waals surface area contributed by atoms with Gasteiger partial charge in [0, 0.05) is 30.7 Å². The van der Waals surface area contributed by atoms with Crippen LogP contribution in [-0.4, -0.2) is 64.0 Å². The van der Waals surface area contributed by atoms with Gasteiger partial charge in [-0.25, -0.2) is 0 Å². The number of morpholine rings is 1. The Bertz CT molecular complexity index is 908. The number of carbonyl (C=O) groups is 1. The number of nitrogens with zero attached hydrogens (tertiary/aromatic N) is 3. The van der Waals surface area contributed by atoms with Gasteiger partial charge in [0.25, 0.3) is 0 Å². The highest BCUT2D eigenvalue weighted by Gasteiger charge is 2.38. The first kappa shape index (κ1) is 21.2. The molecule has 4 rings (SSSR count). The van der Waals surface area contributed by atoms with Gasteiger partial charge < -0.3 is 10.1 Å². The minimum atomic E-state index is -0.0286. The molecule has 0 unspecified atom stereocenters. The molecule has 1 aromatic carbocycles. The van der Waals surface area contributed by atoms with Crippen molar-refractivity contribution in [3.63, 3.8) is 0 Å². The monoisotopic (exact) mass is 429 g/mol. The lowest BCUT2D eigenvalue weighted by atomic mass is 9.79. The van der Waals surface area contributed by atoms with Gasteiger partial charge in [0.05, 0.1) is 13.2 Å². The van der Waals surface area contributed by atoms with E-state index in [1.165, 1.54) is 24.8 Å². The van der Waals surface area contributed by atoms with Gasteiger partial charge in [-0.2, -0.15) is 5.10 Å². The van der Waals surface area contributed by atoms with Gasteiger partial charge in [-0.3, -0.25) is 19.4 Å². The molecule has 8 heteroatoms. The van der Waals surface area contributed by atoms with Gasteiger partial charge in [-0.05, 0) is 32.0 Å². The molecular weight excluding hydrogens is 398 g/mol. The average Bonchev–Trinajstić information content (AvgIpc) is 3.14. The highest BCUT2D eigenvalue weighted by molar-refractivity contribution is 7.71. The molecule has 1 aromatic heterocycles. The summed E-state index contributed by atoms with van der Waals surface area (Å²) in [5.74, 6) is 0.662. The summed E-state index contributed by atoms with van der Waals surface area (Å²) in [6, 6.07) is 8.08. The van der Waals surface area contributed by atoms with E-state index < -0.39 is 0 Å². The van der Waals surface area contributed by atoms with E-state index >= 15 is 0 Å². The van der Waals surface area contributed by atoms with Crippen molar-refractivity contribution in [1.82, 2.24) is 25.0 Å². The summed E-state index contributed by atoms with van der Waals surface area (Å²) in [6.45, 7) is 6.33. The molecule has 0 atom stereocenters. The molecule has 2 heterocycles. The first-order valence-electron chi connectivity index (χ1n) is 10.9. The van der Waals surface area contributed by atoms with Crippen LogP contribution in [0.15, 0.2) is 24.3 Å². The van der Waals surface area contributed by atoms with Gasteiger partial charge in [0.1, 0.15) is 6.54 Å². The lowest BCUT2D eigenvalue weighted by Gasteiger charge is -2.48. The molecule has 1 saturated carbocycles. The van der Waals surface area contributed by atoms with Crippen LogP contribution in [0.2, 0.25) is 0 Å². The Morgan fingerprint density at radius 3 is 2.60 bits per heavy atom. The topological polar surface area (TPSA) is 75.2 Å². The molecule has 7 nitrogen and oxygen atoms in total. The second-order valence-corrected chi connectivity index (χ2v) is 8.85. The maximum atomic E-state index is 12.9. The number of ether oxygens (including phenoxy) is 1. The molecule has 162 valence electrons. The first-order valence-corrected chi connectivity index (χ1v) is 11.3. The number of aryl methyl sites for hydroxylation is 1. The van der Waals surface area contributed by atoms with Crippen molar-refractivity contribution >= 4 is 18.1 Å². The quantitative estimate of drug-likeness (QED) is 0.691. The van der Waals surface area contributed by atoms with E-state index in [0.717, 1.165) is 44.7 Å². The number of H-pyrrole nitrogens is 1. The predicted molar refractivity (Wildman–Crippen MR) is 119 cm³/mol. The van der Waals surface area contributed by atoms with Crippen molar-refractivity contribution in [1.29, 1.82) is 0 Å². The van der Waals surface area contributed by atoms with Gasteiger partial charge in [0.15, 0.2) is 10.6 Å². The molecule has 1 saturated heterocycles. The number of nitrogens with one attached hydrogen (secondary N) is 2. The molecule has 1 aliphatic heterocycles. The summed E-state index contributed by atoms with van der Waals surface area (Å²) in [4.78, 5) is 15.4. The lowest BCUT2D eigenvalue weighted by molar-refractivity contribution is -0.123. The van der Waals surface area contributed by atoms with Crippen LogP contribution in [0.4, 0.5) is 0 Å². The maximum absolute atomic E-state index is 12.9. The summed E-state index contributed by atoms with van der Waals surface area (Å²) in [5.41, 5.74) is 2.17.